The van der Waals surface area contributed by atoms with Gasteiger partial charge in [-0.2, -0.15) is 10.4 Å². The average Bonchev–Trinajstić information content (AvgIpc) is 3.21. The maximum absolute atomic E-state index is 12.8. The van der Waals surface area contributed by atoms with Crippen LogP contribution >= 0.6 is 0 Å². The molecule has 0 unspecified atom stereocenters. The molecular formula is C23H20N8O2. The number of nitrogens with zero attached hydrogens (tertiary/aromatic N) is 6. The van der Waals surface area contributed by atoms with E-state index in [1.54, 1.807) is 47.1 Å². The molecule has 0 aliphatic carbocycles. The Balaban J connectivity index is 1.75. The monoisotopic (exact) mass is 440 g/mol. The zero-order chi connectivity index (χ0) is 23.5. The Kier molecular flexibility index (Phi) is 5.61. The minimum atomic E-state index is -0.502. The van der Waals surface area contributed by atoms with Crippen molar-refractivity contribution in [3.63, 3.8) is 0 Å². The predicted molar refractivity (Wildman–Crippen MR) is 125 cm³/mol. The molecule has 4 aromatic rings. The van der Waals surface area contributed by atoms with Gasteiger partial charge in [0.05, 0.1) is 17.6 Å². The summed E-state index contributed by atoms with van der Waals surface area (Å²) in [5, 5.41) is 24.4. The predicted octanol–water partition coefficient (Wildman–Crippen LogP) is 2.48. The third-order valence-corrected chi connectivity index (χ3v) is 5.10. The summed E-state index contributed by atoms with van der Waals surface area (Å²) < 4.78 is 1.61. The molecule has 0 atom stereocenters. The summed E-state index contributed by atoms with van der Waals surface area (Å²) in [4.78, 5) is 22.6. The number of hydrogen-bond donors (Lipinski definition) is 3. The standard InChI is InChI=1S/C23H20N8O2/c1-14(12-24)23(33)30(16-5-3-2-4-6-16)9-10-31-22-19(21(26)27-13-28-22)20(29-31)15-7-8-17(25)18(32)11-15/h2-8,11,13,32H,1,9-10,25H2,(H2,26,27,28). The molecule has 1 amide bonds. The molecule has 0 spiro atoms. The molecule has 2 heterocycles. The van der Waals surface area contributed by atoms with E-state index in [1.165, 1.54) is 17.3 Å². The maximum atomic E-state index is 12.8. The Morgan fingerprint density at radius 1 is 1.18 bits per heavy atom. The molecule has 33 heavy (non-hydrogen) atoms. The zero-order valence-corrected chi connectivity index (χ0v) is 17.5. The van der Waals surface area contributed by atoms with Crippen LogP contribution in [-0.2, 0) is 11.3 Å². The van der Waals surface area contributed by atoms with Gasteiger partial charge in [0.1, 0.15) is 35.2 Å². The number of fused-ring (bicyclic) bond motifs is 1. The first kappa shape index (κ1) is 21.3. The minimum Gasteiger partial charge on any atom is -0.506 e. The Bertz CT molecular complexity index is 1410. The Morgan fingerprint density at radius 2 is 1.94 bits per heavy atom. The third-order valence-electron chi connectivity index (χ3n) is 5.10. The van der Waals surface area contributed by atoms with Crippen LogP contribution in [0.3, 0.4) is 0 Å². The van der Waals surface area contributed by atoms with Gasteiger partial charge in [0, 0.05) is 17.8 Å². The van der Waals surface area contributed by atoms with Gasteiger partial charge in [-0.05, 0) is 24.3 Å². The molecule has 0 saturated carbocycles. The van der Waals surface area contributed by atoms with Crippen molar-refractivity contribution in [3.05, 3.63) is 67.0 Å². The number of hydrogen-bond acceptors (Lipinski definition) is 8. The number of phenolic OH excluding ortho intramolecular Hbond substituents is 1. The van der Waals surface area contributed by atoms with E-state index in [2.05, 4.69) is 21.6 Å². The lowest BCUT2D eigenvalue weighted by Gasteiger charge is -2.22. The van der Waals surface area contributed by atoms with Crippen molar-refractivity contribution < 1.29 is 9.90 Å². The van der Waals surface area contributed by atoms with E-state index in [-0.39, 0.29) is 35.9 Å². The molecule has 2 aromatic heterocycles. The average molecular weight is 440 g/mol. The van der Waals surface area contributed by atoms with Crippen LogP contribution in [0, 0.1) is 11.3 Å². The van der Waals surface area contributed by atoms with Gasteiger partial charge in [-0.3, -0.25) is 4.79 Å². The smallest absolute Gasteiger partial charge is 0.268 e. The van der Waals surface area contributed by atoms with Crippen LogP contribution in [0.2, 0.25) is 0 Å². The second-order valence-electron chi connectivity index (χ2n) is 7.19. The fourth-order valence-electron chi connectivity index (χ4n) is 3.44. The molecule has 0 bridgehead atoms. The highest BCUT2D eigenvalue weighted by atomic mass is 16.3. The fraction of sp³-hybridized carbons (Fsp3) is 0.0870. The first-order valence-electron chi connectivity index (χ1n) is 9.92. The number of benzene rings is 2. The molecule has 2 aromatic carbocycles. The van der Waals surface area contributed by atoms with Crippen molar-refractivity contribution in [2.24, 2.45) is 0 Å². The number of nitrogen functional groups attached to an aromatic ring is 2. The lowest BCUT2D eigenvalue weighted by atomic mass is 10.1. The summed E-state index contributed by atoms with van der Waals surface area (Å²) in [6.45, 7) is 3.98. The summed E-state index contributed by atoms with van der Waals surface area (Å²) in [6.07, 6.45) is 1.33. The minimum absolute atomic E-state index is 0.0820. The molecule has 0 aliphatic rings. The molecule has 0 saturated heterocycles. The maximum Gasteiger partial charge on any atom is 0.268 e. The van der Waals surface area contributed by atoms with Crippen LogP contribution in [-0.4, -0.2) is 37.3 Å². The number of rotatable bonds is 6. The van der Waals surface area contributed by atoms with E-state index >= 15 is 0 Å². The molecule has 10 heteroatoms. The van der Waals surface area contributed by atoms with Crippen molar-refractivity contribution in [1.82, 2.24) is 19.7 Å². The third kappa shape index (κ3) is 4.03. The summed E-state index contributed by atoms with van der Waals surface area (Å²) >= 11 is 0. The summed E-state index contributed by atoms with van der Waals surface area (Å²) in [6, 6.07) is 15.6. The Hall–Kier alpha value is -4.91. The van der Waals surface area contributed by atoms with Gasteiger partial charge < -0.3 is 21.5 Å². The number of nitriles is 1. The number of amides is 1. The van der Waals surface area contributed by atoms with E-state index in [0.29, 0.717) is 28.0 Å². The van der Waals surface area contributed by atoms with Crippen LogP contribution in [0.25, 0.3) is 22.3 Å². The number of carbonyl (C=O) groups is 1. The van der Waals surface area contributed by atoms with E-state index < -0.39 is 5.91 Å². The van der Waals surface area contributed by atoms with Gasteiger partial charge in [-0.15, -0.1) is 0 Å². The van der Waals surface area contributed by atoms with Gasteiger partial charge >= 0.3 is 0 Å². The van der Waals surface area contributed by atoms with Crippen LogP contribution in [0.4, 0.5) is 17.2 Å². The fourth-order valence-corrected chi connectivity index (χ4v) is 3.44. The number of nitrogens with two attached hydrogens (primary N) is 2. The second-order valence-corrected chi connectivity index (χ2v) is 7.19. The highest BCUT2D eigenvalue weighted by Gasteiger charge is 2.21. The highest BCUT2D eigenvalue weighted by molar-refractivity contribution is 6.07. The van der Waals surface area contributed by atoms with E-state index in [0.717, 1.165) is 0 Å². The van der Waals surface area contributed by atoms with Crippen molar-refractivity contribution in [2.75, 3.05) is 22.9 Å². The number of aromatic nitrogens is 4. The number of aromatic hydroxyl groups is 1. The van der Waals surface area contributed by atoms with E-state index in [9.17, 15) is 9.90 Å². The first-order valence-corrected chi connectivity index (χ1v) is 9.92. The normalized spacial score (nSPS) is 10.6. The number of para-hydroxylation sites is 1. The van der Waals surface area contributed by atoms with Crippen LogP contribution in [0.1, 0.15) is 0 Å². The van der Waals surface area contributed by atoms with E-state index in [4.69, 9.17) is 16.7 Å². The quantitative estimate of drug-likeness (QED) is 0.178. The van der Waals surface area contributed by atoms with Gasteiger partial charge in [0.15, 0.2) is 5.65 Å². The first-order chi connectivity index (χ1) is 15.9. The Morgan fingerprint density at radius 3 is 2.64 bits per heavy atom. The van der Waals surface area contributed by atoms with Gasteiger partial charge in [0.25, 0.3) is 5.91 Å². The van der Waals surface area contributed by atoms with Gasteiger partial charge in [-0.25, -0.2) is 14.6 Å². The summed E-state index contributed by atoms with van der Waals surface area (Å²) in [5.41, 5.74) is 14.1. The molecule has 5 N–H and O–H groups in total. The molecule has 164 valence electrons. The molecule has 0 aliphatic heterocycles. The van der Waals surface area contributed by atoms with Gasteiger partial charge in [0.2, 0.25) is 0 Å². The number of carbonyl (C=O) groups excluding carboxylic acids is 1. The number of anilines is 3. The van der Waals surface area contributed by atoms with Crippen LogP contribution < -0.4 is 16.4 Å². The number of phenols is 1. The SMILES string of the molecule is C=C(C#N)C(=O)N(CCn1nc(-c2ccc(N)c(O)c2)c2c(N)ncnc21)c1ccccc1. The zero-order valence-electron chi connectivity index (χ0n) is 17.5. The van der Waals surface area contributed by atoms with E-state index in [1.807, 2.05) is 6.07 Å². The molecule has 0 fully saturated rings. The molecule has 10 nitrogen and oxygen atoms in total. The second kappa shape index (κ2) is 8.68. The topological polar surface area (TPSA) is 160 Å². The van der Waals surface area contributed by atoms with Gasteiger partial charge in [-0.1, -0.05) is 30.8 Å². The van der Waals surface area contributed by atoms with Crippen molar-refractivity contribution in [1.29, 1.82) is 5.26 Å². The van der Waals surface area contributed by atoms with Crippen molar-refractivity contribution in [2.45, 2.75) is 6.54 Å². The van der Waals surface area contributed by atoms with Crippen molar-refractivity contribution >= 4 is 34.1 Å². The highest BCUT2D eigenvalue weighted by Crippen LogP contribution is 2.33. The summed E-state index contributed by atoms with van der Waals surface area (Å²) in [7, 11) is 0. The largest absolute Gasteiger partial charge is 0.506 e. The van der Waals surface area contributed by atoms with Crippen LogP contribution in [0.5, 0.6) is 5.75 Å². The molecule has 0 radical (unpaired) electrons. The van der Waals surface area contributed by atoms with Crippen molar-refractivity contribution in [3.8, 4) is 23.1 Å². The Labute approximate surface area is 189 Å². The molecule has 4 rings (SSSR count). The lowest BCUT2D eigenvalue weighted by Crippen LogP contribution is -2.34. The lowest BCUT2D eigenvalue weighted by molar-refractivity contribution is -0.114. The summed E-state index contributed by atoms with van der Waals surface area (Å²) in [5.74, 6) is -0.356. The van der Waals surface area contributed by atoms with Crippen LogP contribution in [0.15, 0.2) is 67.0 Å². The molecular weight excluding hydrogens is 420 g/mol.